The molecule has 0 spiro atoms. The van der Waals surface area contributed by atoms with Crippen LogP contribution in [0.4, 0.5) is 0 Å². The van der Waals surface area contributed by atoms with E-state index < -0.39 is 0 Å². The summed E-state index contributed by atoms with van der Waals surface area (Å²) in [5.41, 5.74) is 3.54. The van der Waals surface area contributed by atoms with Crippen LogP contribution in [0.1, 0.15) is 23.4 Å². The van der Waals surface area contributed by atoms with Gasteiger partial charge in [0.05, 0.1) is 11.9 Å². The Morgan fingerprint density at radius 1 is 1.33 bits per heavy atom. The van der Waals surface area contributed by atoms with E-state index in [9.17, 15) is 0 Å². The van der Waals surface area contributed by atoms with E-state index in [0.717, 1.165) is 36.1 Å². The maximum atomic E-state index is 4.32. The first-order valence-corrected chi connectivity index (χ1v) is 6.85. The summed E-state index contributed by atoms with van der Waals surface area (Å²) in [7, 11) is 0. The summed E-state index contributed by atoms with van der Waals surface area (Å²) < 4.78 is 1.02. The van der Waals surface area contributed by atoms with Crippen LogP contribution in [0.15, 0.2) is 29.0 Å². The fourth-order valence-electron chi connectivity index (χ4n) is 1.76. The van der Waals surface area contributed by atoms with Gasteiger partial charge in [-0.25, -0.2) is 0 Å². The molecule has 2 heterocycles. The summed E-state index contributed by atoms with van der Waals surface area (Å²) in [6, 6.07) is 4.04. The van der Waals surface area contributed by atoms with Gasteiger partial charge in [0, 0.05) is 22.9 Å². The van der Waals surface area contributed by atoms with Crippen LogP contribution in [0, 0.1) is 6.92 Å². The third kappa shape index (κ3) is 3.92. The van der Waals surface area contributed by atoms with Crippen LogP contribution >= 0.6 is 15.9 Å². The van der Waals surface area contributed by atoms with E-state index in [1.807, 2.05) is 24.5 Å². The third-order valence-electron chi connectivity index (χ3n) is 2.83. The van der Waals surface area contributed by atoms with Gasteiger partial charge >= 0.3 is 0 Å². The van der Waals surface area contributed by atoms with Crippen LogP contribution in [-0.4, -0.2) is 21.7 Å². The number of nitrogens with one attached hydrogen (secondary N) is 2. The minimum absolute atomic E-state index is 0.817. The molecule has 96 valence electrons. The van der Waals surface area contributed by atoms with Crippen LogP contribution in [0.5, 0.6) is 0 Å². The van der Waals surface area contributed by atoms with Crippen molar-refractivity contribution >= 4 is 15.9 Å². The van der Waals surface area contributed by atoms with E-state index in [2.05, 4.69) is 43.4 Å². The maximum absolute atomic E-state index is 4.32. The van der Waals surface area contributed by atoms with Crippen molar-refractivity contribution in [1.82, 2.24) is 20.5 Å². The molecular weight excluding hydrogens is 292 g/mol. The van der Waals surface area contributed by atoms with Crippen LogP contribution in [-0.2, 0) is 13.0 Å². The van der Waals surface area contributed by atoms with Gasteiger partial charge in [0.15, 0.2) is 0 Å². The minimum atomic E-state index is 0.817. The monoisotopic (exact) mass is 308 g/mol. The standard InChI is InChI=1S/C13H17BrN4/c1-10-11(7-17-18-10)3-2-6-15-9-13-5-4-12(14)8-16-13/h4-5,7-8,15H,2-3,6,9H2,1H3,(H,17,18). The molecule has 18 heavy (non-hydrogen) atoms. The molecule has 0 fully saturated rings. The lowest BCUT2D eigenvalue weighted by Crippen LogP contribution is -2.16. The van der Waals surface area contributed by atoms with Crippen molar-refractivity contribution in [3.8, 4) is 0 Å². The van der Waals surface area contributed by atoms with E-state index in [1.165, 1.54) is 11.3 Å². The average Bonchev–Trinajstić information content (AvgIpc) is 2.77. The molecule has 0 bridgehead atoms. The normalized spacial score (nSPS) is 10.8. The molecule has 0 unspecified atom stereocenters. The minimum Gasteiger partial charge on any atom is -0.311 e. The van der Waals surface area contributed by atoms with Gasteiger partial charge in [-0.15, -0.1) is 0 Å². The van der Waals surface area contributed by atoms with E-state index in [0.29, 0.717) is 0 Å². The van der Waals surface area contributed by atoms with Crippen LogP contribution in [0.25, 0.3) is 0 Å². The quantitative estimate of drug-likeness (QED) is 0.807. The van der Waals surface area contributed by atoms with Crippen molar-refractivity contribution < 1.29 is 0 Å². The Hall–Kier alpha value is -1.20. The summed E-state index contributed by atoms with van der Waals surface area (Å²) in [5, 5.41) is 10.4. The number of halogens is 1. The van der Waals surface area contributed by atoms with Crippen LogP contribution in [0.2, 0.25) is 0 Å². The predicted molar refractivity (Wildman–Crippen MR) is 75.3 cm³/mol. The molecule has 0 atom stereocenters. The highest BCUT2D eigenvalue weighted by Gasteiger charge is 1.99. The zero-order valence-electron chi connectivity index (χ0n) is 10.4. The van der Waals surface area contributed by atoms with Crippen molar-refractivity contribution in [3.05, 3.63) is 46.0 Å². The van der Waals surface area contributed by atoms with Crippen molar-refractivity contribution in [2.75, 3.05) is 6.54 Å². The summed E-state index contributed by atoms with van der Waals surface area (Å²) >= 11 is 3.38. The smallest absolute Gasteiger partial charge is 0.0542 e. The summed E-state index contributed by atoms with van der Waals surface area (Å²) in [5.74, 6) is 0. The topological polar surface area (TPSA) is 53.6 Å². The fourth-order valence-corrected chi connectivity index (χ4v) is 1.99. The molecule has 0 aromatic carbocycles. The zero-order chi connectivity index (χ0) is 12.8. The van der Waals surface area contributed by atoms with Crippen molar-refractivity contribution in [2.45, 2.75) is 26.3 Å². The fraction of sp³-hybridized carbons (Fsp3) is 0.385. The Bertz CT molecular complexity index is 478. The average molecular weight is 309 g/mol. The van der Waals surface area contributed by atoms with E-state index >= 15 is 0 Å². The highest BCUT2D eigenvalue weighted by atomic mass is 79.9. The first-order valence-electron chi connectivity index (χ1n) is 6.05. The number of H-pyrrole nitrogens is 1. The SMILES string of the molecule is Cc1[nH]ncc1CCCNCc1ccc(Br)cn1. The molecule has 2 aromatic rings. The molecule has 0 saturated carbocycles. The summed E-state index contributed by atoms with van der Waals surface area (Å²) in [4.78, 5) is 4.32. The number of nitrogens with zero attached hydrogens (tertiary/aromatic N) is 2. The molecule has 0 saturated heterocycles. The van der Waals surface area contributed by atoms with Gasteiger partial charge in [-0.2, -0.15) is 5.10 Å². The highest BCUT2D eigenvalue weighted by Crippen LogP contribution is 2.07. The molecule has 0 aliphatic heterocycles. The number of rotatable bonds is 6. The number of aromatic amines is 1. The van der Waals surface area contributed by atoms with Gasteiger partial charge < -0.3 is 5.32 Å². The molecule has 0 aliphatic carbocycles. The zero-order valence-corrected chi connectivity index (χ0v) is 12.0. The number of aryl methyl sites for hydroxylation is 2. The molecule has 0 aliphatic rings. The lowest BCUT2D eigenvalue weighted by atomic mass is 10.1. The van der Waals surface area contributed by atoms with E-state index in [-0.39, 0.29) is 0 Å². The molecule has 5 heteroatoms. The van der Waals surface area contributed by atoms with Gasteiger partial charge in [-0.3, -0.25) is 10.1 Å². The van der Waals surface area contributed by atoms with Gasteiger partial charge in [0.2, 0.25) is 0 Å². The first-order chi connectivity index (χ1) is 8.75. The van der Waals surface area contributed by atoms with Gasteiger partial charge in [-0.05, 0) is 59.9 Å². The van der Waals surface area contributed by atoms with Crippen molar-refractivity contribution in [1.29, 1.82) is 0 Å². The highest BCUT2D eigenvalue weighted by molar-refractivity contribution is 9.10. The first kappa shape index (κ1) is 13.2. The van der Waals surface area contributed by atoms with Crippen LogP contribution in [0.3, 0.4) is 0 Å². The lowest BCUT2D eigenvalue weighted by Gasteiger charge is -2.04. The predicted octanol–water partition coefficient (Wildman–Crippen LogP) is 2.60. The Kier molecular flexibility index (Phi) is 4.90. The van der Waals surface area contributed by atoms with Gasteiger partial charge in [0.25, 0.3) is 0 Å². The van der Waals surface area contributed by atoms with Gasteiger partial charge in [-0.1, -0.05) is 0 Å². The van der Waals surface area contributed by atoms with Crippen LogP contribution < -0.4 is 5.32 Å². The number of pyridine rings is 1. The molecule has 4 nitrogen and oxygen atoms in total. The third-order valence-corrected chi connectivity index (χ3v) is 3.30. The number of hydrogen-bond acceptors (Lipinski definition) is 3. The Morgan fingerprint density at radius 3 is 2.89 bits per heavy atom. The molecule has 2 rings (SSSR count). The Labute approximate surface area is 115 Å². The Balaban J connectivity index is 1.64. The van der Waals surface area contributed by atoms with Crippen molar-refractivity contribution in [3.63, 3.8) is 0 Å². The van der Waals surface area contributed by atoms with E-state index in [4.69, 9.17) is 0 Å². The molecule has 0 radical (unpaired) electrons. The molecule has 2 aromatic heterocycles. The lowest BCUT2D eigenvalue weighted by molar-refractivity contribution is 0.640. The molecule has 2 N–H and O–H groups in total. The number of aromatic nitrogens is 3. The van der Waals surface area contributed by atoms with Crippen molar-refractivity contribution in [2.24, 2.45) is 0 Å². The largest absolute Gasteiger partial charge is 0.311 e. The second-order valence-electron chi connectivity index (χ2n) is 4.27. The molecular formula is C13H17BrN4. The maximum Gasteiger partial charge on any atom is 0.0542 e. The van der Waals surface area contributed by atoms with Gasteiger partial charge in [0.1, 0.15) is 0 Å². The number of hydrogen-bond donors (Lipinski definition) is 2. The summed E-state index contributed by atoms with van der Waals surface area (Å²) in [6.45, 7) is 3.86. The second kappa shape index (κ2) is 6.66. The Morgan fingerprint density at radius 2 is 2.22 bits per heavy atom. The summed E-state index contributed by atoms with van der Waals surface area (Å²) in [6.07, 6.45) is 5.90. The van der Waals surface area contributed by atoms with E-state index in [1.54, 1.807) is 0 Å². The second-order valence-corrected chi connectivity index (χ2v) is 5.18. The molecule has 0 amide bonds.